The van der Waals surface area contributed by atoms with E-state index in [-0.39, 0.29) is 24.3 Å². The largest absolute Gasteiger partial charge is 0.395 e. The summed E-state index contributed by atoms with van der Waals surface area (Å²) in [6, 6.07) is -0.596. The van der Waals surface area contributed by atoms with Gasteiger partial charge in [0.25, 0.3) is 0 Å². The summed E-state index contributed by atoms with van der Waals surface area (Å²) in [5.74, 6) is -0.222. The van der Waals surface area contributed by atoms with Crippen molar-refractivity contribution in [1.29, 1.82) is 0 Å². The molecule has 0 aromatic carbocycles. The Hall–Kier alpha value is -1.24. The summed E-state index contributed by atoms with van der Waals surface area (Å²) in [6.07, 6.45) is 19.5. The summed E-state index contributed by atoms with van der Waals surface area (Å²) >= 11 is 0. The highest BCUT2D eigenvalue weighted by molar-refractivity contribution is 5.96. The molecule has 0 heterocycles. The third kappa shape index (κ3) is 17.3. The average molecular weight is 455 g/mol. The molecule has 0 bridgehead atoms. The Balaban J connectivity index is 3.53. The van der Waals surface area contributed by atoms with Crippen LogP contribution >= 0.6 is 0 Å². The molecule has 0 rings (SSSR count). The number of carbonyl (C=O) groups is 2. The van der Waals surface area contributed by atoms with Crippen molar-refractivity contribution in [2.24, 2.45) is 11.7 Å². The molecular formula is C26H50N2O4. The number of amides is 2. The average Bonchev–Trinajstić information content (AvgIpc) is 2.78. The third-order valence-electron chi connectivity index (χ3n) is 5.92. The molecule has 32 heavy (non-hydrogen) atoms. The first kappa shape index (κ1) is 30.8. The molecule has 2 amide bonds. The van der Waals surface area contributed by atoms with Crippen LogP contribution in [0.1, 0.15) is 117 Å². The van der Waals surface area contributed by atoms with Crippen LogP contribution in [0.15, 0.2) is 12.2 Å². The molecule has 0 saturated heterocycles. The molecule has 0 aromatic rings. The number of nitrogens with two attached hydrogens (primary N) is 1. The first-order valence-corrected chi connectivity index (χ1v) is 13.0. The van der Waals surface area contributed by atoms with E-state index in [4.69, 9.17) is 10.8 Å². The lowest BCUT2D eigenvalue weighted by Gasteiger charge is -2.14. The minimum atomic E-state index is -0.763. The number of imide groups is 1. The van der Waals surface area contributed by atoms with Crippen LogP contribution in [0, 0.1) is 5.92 Å². The second-order valence-corrected chi connectivity index (χ2v) is 9.03. The number of rotatable bonds is 21. The van der Waals surface area contributed by atoms with Crippen LogP contribution in [0.4, 0.5) is 0 Å². The minimum absolute atomic E-state index is 0.0193. The number of allylic oxidation sites excluding steroid dienone is 1. The van der Waals surface area contributed by atoms with Gasteiger partial charge in [0.05, 0.1) is 18.8 Å². The fourth-order valence-electron chi connectivity index (χ4n) is 3.85. The van der Waals surface area contributed by atoms with Crippen LogP contribution in [0.25, 0.3) is 0 Å². The summed E-state index contributed by atoms with van der Waals surface area (Å²) in [6.45, 7) is 3.94. The summed E-state index contributed by atoms with van der Waals surface area (Å²) in [5, 5.41) is 21.1. The van der Waals surface area contributed by atoms with E-state index in [1.807, 2.05) is 6.08 Å². The summed E-state index contributed by atoms with van der Waals surface area (Å²) in [7, 11) is 0. The highest BCUT2D eigenvalue weighted by Crippen LogP contribution is 2.14. The van der Waals surface area contributed by atoms with Crippen molar-refractivity contribution in [2.75, 3.05) is 6.61 Å². The Bertz CT molecular complexity index is 490. The quantitative estimate of drug-likeness (QED) is 0.147. The topological polar surface area (TPSA) is 113 Å². The maximum Gasteiger partial charge on any atom is 0.229 e. The van der Waals surface area contributed by atoms with Crippen molar-refractivity contribution in [1.82, 2.24) is 5.32 Å². The van der Waals surface area contributed by atoms with Crippen LogP contribution in [0.5, 0.6) is 0 Å². The van der Waals surface area contributed by atoms with Crippen molar-refractivity contribution in [3.8, 4) is 0 Å². The second kappa shape index (κ2) is 21.6. The molecule has 0 aromatic heterocycles. The molecular weight excluding hydrogens is 404 g/mol. The number of aliphatic hydroxyl groups is 2. The lowest BCUT2D eigenvalue weighted by atomic mass is 9.97. The van der Waals surface area contributed by atoms with Gasteiger partial charge in [0.2, 0.25) is 11.8 Å². The maximum atomic E-state index is 12.2. The Morgan fingerprint density at radius 2 is 1.38 bits per heavy atom. The molecule has 188 valence electrons. The molecule has 0 spiro atoms. The van der Waals surface area contributed by atoms with Gasteiger partial charge in [-0.2, -0.15) is 0 Å². The lowest BCUT2D eigenvalue weighted by molar-refractivity contribution is -0.133. The van der Waals surface area contributed by atoms with E-state index in [0.717, 1.165) is 57.8 Å². The van der Waals surface area contributed by atoms with Crippen LogP contribution in [-0.4, -0.2) is 40.8 Å². The molecule has 2 unspecified atom stereocenters. The van der Waals surface area contributed by atoms with Crippen molar-refractivity contribution in [2.45, 2.75) is 129 Å². The first-order chi connectivity index (χ1) is 15.5. The van der Waals surface area contributed by atoms with Gasteiger partial charge in [0, 0.05) is 12.3 Å². The number of unbranched alkanes of at least 4 members (excludes halogenated alkanes) is 10. The van der Waals surface area contributed by atoms with Crippen LogP contribution < -0.4 is 11.1 Å². The third-order valence-corrected chi connectivity index (χ3v) is 5.92. The predicted octanol–water partition coefficient (Wildman–Crippen LogP) is 4.76. The van der Waals surface area contributed by atoms with Gasteiger partial charge in [-0.25, -0.2) is 0 Å². The van der Waals surface area contributed by atoms with Gasteiger partial charge in [-0.15, -0.1) is 0 Å². The van der Waals surface area contributed by atoms with Gasteiger partial charge in [0.15, 0.2) is 0 Å². The normalized spacial score (nSPS) is 13.6. The van der Waals surface area contributed by atoms with Crippen LogP contribution in [-0.2, 0) is 9.59 Å². The van der Waals surface area contributed by atoms with Gasteiger partial charge in [-0.1, -0.05) is 90.2 Å². The Morgan fingerprint density at radius 1 is 0.875 bits per heavy atom. The molecule has 2 atom stereocenters. The summed E-state index contributed by atoms with van der Waals surface area (Å²) in [5.41, 5.74) is 5.54. The number of carbonyl (C=O) groups excluding carboxylic acids is 2. The zero-order valence-corrected chi connectivity index (χ0v) is 20.7. The Labute approximate surface area is 196 Å². The van der Waals surface area contributed by atoms with Gasteiger partial charge >= 0.3 is 0 Å². The van der Waals surface area contributed by atoms with Gasteiger partial charge in [0.1, 0.15) is 0 Å². The lowest BCUT2D eigenvalue weighted by Crippen LogP contribution is -2.36. The molecule has 0 aliphatic carbocycles. The van der Waals surface area contributed by atoms with Crippen molar-refractivity contribution in [3.63, 3.8) is 0 Å². The SMILES string of the molecule is CCCC(CCC)C(=O)NC(=O)CCCCCCCCCCCCC=CC(O)C(N)CO. The summed E-state index contributed by atoms with van der Waals surface area (Å²) in [4.78, 5) is 24.2. The molecule has 0 saturated carbocycles. The highest BCUT2D eigenvalue weighted by Gasteiger charge is 2.18. The second-order valence-electron chi connectivity index (χ2n) is 9.03. The smallest absolute Gasteiger partial charge is 0.229 e. The monoisotopic (exact) mass is 454 g/mol. The van der Waals surface area contributed by atoms with Crippen LogP contribution in [0.3, 0.4) is 0 Å². The van der Waals surface area contributed by atoms with Crippen molar-refractivity contribution < 1.29 is 19.8 Å². The highest BCUT2D eigenvalue weighted by atomic mass is 16.3. The summed E-state index contributed by atoms with van der Waals surface area (Å²) < 4.78 is 0. The zero-order valence-electron chi connectivity index (χ0n) is 20.7. The van der Waals surface area contributed by atoms with E-state index in [1.54, 1.807) is 6.08 Å². The molecule has 0 fully saturated rings. The van der Waals surface area contributed by atoms with Gasteiger partial charge < -0.3 is 15.9 Å². The van der Waals surface area contributed by atoms with E-state index in [9.17, 15) is 14.7 Å². The molecule has 0 aliphatic heterocycles. The number of aliphatic hydroxyl groups excluding tert-OH is 2. The molecule has 0 aliphatic rings. The Kier molecular flexibility index (Phi) is 20.8. The van der Waals surface area contributed by atoms with Crippen molar-refractivity contribution in [3.05, 3.63) is 12.2 Å². The van der Waals surface area contributed by atoms with E-state index < -0.39 is 12.1 Å². The zero-order chi connectivity index (χ0) is 24.0. The van der Waals surface area contributed by atoms with Crippen LogP contribution in [0.2, 0.25) is 0 Å². The standard InChI is InChI=1S/C26H50N2O4/c1-3-17-22(18-4-2)26(32)28-25(31)20-16-14-12-10-8-6-5-7-9-11-13-15-19-24(30)23(27)21-29/h15,19,22-24,29-30H,3-14,16-18,20-21,27H2,1-2H3,(H,28,31,32). The maximum absolute atomic E-state index is 12.2. The fourth-order valence-corrected chi connectivity index (χ4v) is 3.85. The van der Waals surface area contributed by atoms with E-state index >= 15 is 0 Å². The number of hydrogen-bond donors (Lipinski definition) is 4. The first-order valence-electron chi connectivity index (χ1n) is 13.0. The van der Waals surface area contributed by atoms with Gasteiger partial charge in [-0.05, 0) is 32.1 Å². The molecule has 6 heteroatoms. The van der Waals surface area contributed by atoms with Gasteiger partial charge in [-0.3, -0.25) is 14.9 Å². The predicted molar refractivity (Wildman–Crippen MR) is 132 cm³/mol. The number of hydrogen-bond acceptors (Lipinski definition) is 5. The minimum Gasteiger partial charge on any atom is -0.395 e. The molecule has 6 nitrogen and oxygen atoms in total. The molecule has 5 N–H and O–H groups in total. The van der Waals surface area contributed by atoms with E-state index in [2.05, 4.69) is 19.2 Å². The molecule has 0 radical (unpaired) electrons. The Morgan fingerprint density at radius 3 is 1.88 bits per heavy atom. The number of nitrogens with one attached hydrogen (secondary N) is 1. The van der Waals surface area contributed by atoms with Crippen molar-refractivity contribution >= 4 is 11.8 Å². The van der Waals surface area contributed by atoms with E-state index in [1.165, 1.54) is 38.5 Å². The van der Waals surface area contributed by atoms with E-state index in [0.29, 0.717) is 6.42 Å². The fraction of sp³-hybridized carbons (Fsp3) is 0.846.